The third-order valence-corrected chi connectivity index (χ3v) is 7.37. The zero-order valence-electron chi connectivity index (χ0n) is 27.8. The van der Waals surface area contributed by atoms with E-state index in [2.05, 4.69) is 26.1 Å². The Balaban J connectivity index is 0.000000210. The molecule has 0 bridgehead atoms. The molecule has 0 aliphatic heterocycles. The monoisotopic (exact) mass is 704 g/mol. The predicted molar refractivity (Wildman–Crippen MR) is 183 cm³/mol. The van der Waals surface area contributed by atoms with Gasteiger partial charge in [-0.1, -0.05) is 60.7 Å². The molecule has 0 fully saturated rings. The molecular formula is C38H30F2N6O6. The number of hydrogen-bond acceptors (Lipinski definition) is 11. The summed E-state index contributed by atoms with van der Waals surface area (Å²) in [7, 11) is 2.71. The van der Waals surface area contributed by atoms with Crippen LogP contribution in [-0.2, 0) is 26.4 Å². The lowest BCUT2D eigenvalue weighted by atomic mass is 9.86. The van der Waals surface area contributed by atoms with Crippen LogP contribution in [0.2, 0.25) is 0 Å². The zero-order valence-corrected chi connectivity index (χ0v) is 27.8. The molecule has 2 heterocycles. The summed E-state index contributed by atoms with van der Waals surface area (Å²) in [5, 5.41) is 24.3. The summed E-state index contributed by atoms with van der Waals surface area (Å²) in [5.74, 6) is -0.457. The van der Waals surface area contributed by atoms with Gasteiger partial charge in [0.05, 0.1) is 38.7 Å². The fourth-order valence-electron chi connectivity index (χ4n) is 4.94. The van der Waals surface area contributed by atoms with Crippen LogP contribution in [0.1, 0.15) is 22.3 Å². The average molecular weight is 705 g/mol. The molecule has 14 heteroatoms. The lowest BCUT2D eigenvalue weighted by Crippen LogP contribution is -2.34. The van der Waals surface area contributed by atoms with Gasteiger partial charge in [-0.2, -0.15) is 10.4 Å². The summed E-state index contributed by atoms with van der Waals surface area (Å²) in [6.07, 6.45) is 5.30. The highest BCUT2D eigenvalue weighted by molar-refractivity contribution is 6.17. The van der Waals surface area contributed by atoms with Crippen molar-refractivity contribution in [3.8, 4) is 29.3 Å². The largest absolute Gasteiger partial charge is 0.503 e. The van der Waals surface area contributed by atoms with E-state index in [0.29, 0.717) is 28.2 Å². The highest BCUT2D eigenvalue weighted by Crippen LogP contribution is 2.34. The van der Waals surface area contributed by atoms with Crippen LogP contribution >= 0.6 is 0 Å². The first kappa shape index (κ1) is 36.3. The number of carbonyl (C=O) groups is 1. The Hall–Kier alpha value is -6.98. The second-order valence-corrected chi connectivity index (χ2v) is 10.7. The van der Waals surface area contributed by atoms with E-state index in [1.165, 1.54) is 86.6 Å². The molecule has 0 radical (unpaired) electrons. The minimum absolute atomic E-state index is 0.0421. The quantitative estimate of drug-likeness (QED) is 0.0883. The van der Waals surface area contributed by atoms with Gasteiger partial charge in [-0.15, -0.1) is 0 Å². The third kappa shape index (κ3) is 8.78. The van der Waals surface area contributed by atoms with Crippen molar-refractivity contribution >= 4 is 11.5 Å². The Labute approximate surface area is 296 Å². The van der Waals surface area contributed by atoms with Gasteiger partial charge in [-0.25, -0.2) is 33.2 Å². The summed E-state index contributed by atoms with van der Waals surface area (Å²) in [4.78, 5) is 24.1. The first-order chi connectivity index (χ1) is 25.2. The van der Waals surface area contributed by atoms with E-state index >= 15 is 0 Å². The van der Waals surface area contributed by atoms with Gasteiger partial charge in [0, 0.05) is 11.1 Å². The van der Waals surface area contributed by atoms with Crippen LogP contribution in [0.25, 0.3) is 5.57 Å². The van der Waals surface area contributed by atoms with E-state index in [4.69, 9.17) is 18.9 Å². The van der Waals surface area contributed by atoms with Crippen molar-refractivity contribution in [3.63, 3.8) is 0 Å². The molecular weight excluding hydrogens is 674 g/mol. The van der Waals surface area contributed by atoms with Crippen molar-refractivity contribution < 1.29 is 37.6 Å². The lowest BCUT2D eigenvalue weighted by Gasteiger charge is -2.29. The lowest BCUT2D eigenvalue weighted by molar-refractivity contribution is -0.133. The van der Waals surface area contributed by atoms with E-state index in [9.17, 15) is 23.9 Å². The minimum Gasteiger partial charge on any atom is -0.503 e. The maximum atomic E-state index is 14.2. The van der Waals surface area contributed by atoms with Gasteiger partial charge in [-0.05, 0) is 42.0 Å². The summed E-state index contributed by atoms with van der Waals surface area (Å²) in [6.45, 7) is -0.0421. The number of methoxy groups -OCH3 is 2. The van der Waals surface area contributed by atoms with Gasteiger partial charge in [-0.3, -0.25) is 0 Å². The van der Waals surface area contributed by atoms with Crippen molar-refractivity contribution in [1.82, 2.24) is 24.7 Å². The predicted octanol–water partition coefficient (Wildman–Crippen LogP) is 6.59. The summed E-state index contributed by atoms with van der Waals surface area (Å²) < 4.78 is 50.1. The van der Waals surface area contributed by atoms with Crippen LogP contribution in [0.5, 0.6) is 23.3 Å². The Morgan fingerprint density at radius 1 is 0.885 bits per heavy atom. The van der Waals surface area contributed by atoms with E-state index in [1.807, 2.05) is 0 Å². The average Bonchev–Trinajstić information content (AvgIpc) is 3.68. The van der Waals surface area contributed by atoms with E-state index < -0.39 is 23.2 Å². The first-order valence-electron chi connectivity index (χ1n) is 15.4. The summed E-state index contributed by atoms with van der Waals surface area (Å²) in [6, 6.07) is 28.4. The number of nitriles is 1. The number of ether oxygens (including phenoxy) is 4. The minimum atomic E-state index is -1.69. The molecule has 1 atom stereocenters. The molecule has 0 aliphatic carbocycles. The smallest absolute Gasteiger partial charge is 0.341 e. The maximum Gasteiger partial charge on any atom is 0.341 e. The van der Waals surface area contributed by atoms with Crippen molar-refractivity contribution in [3.05, 3.63) is 162 Å². The first-order valence-corrected chi connectivity index (χ1v) is 15.4. The molecule has 262 valence electrons. The third-order valence-electron chi connectivity index (χ3n) is 7.37. The maximum absolute atomic E-state index is 14.2. The Bertz CT molecular complexity index is 2190. The van der Waals surface area contributed by atoms with Crippen molar-refractivity contribution in [2.45, 2.75) is 12.1 Å². The fraction of sp³-hybridized carbons (Fsp3) is 0.105. The van der Waals surface area contributed by atoms with Gasteiger partial charge in [0.25, 0.3) is 0 Å². The van der Waals surface area contributed by atoms with Crippen LogP contribution in [0.3, 0.4) is 0 Å². The van der Waals surface area contributed by atoms with Crippen LogP contribution < -0.4 is 9.47 Å². The number of nitrogens with zero attached hydrogens (tertiary/aromatic N) is 6. The highest BCUT2D eigenvalue weighted by Gasteiger charge is 2.35. The Morgan fingerprint density at radius 2 is 1.54 bits per heavy atom. The number of benzene rings is 4. The van der Waals surface area contributed by atoms with Gasteiger partial charge in [0.1, 0.15) is 59.4 Å². The van der Waals surface area contributed by atoms with E-state index in [-0.39, 0.29) is 29.4 Å². The van der Waals surface area contributed by atoms with Crippen LogP contribution in [0.4, 0.5) is 8.78 Å². The molecule has 1 unspecified atom stereocenters. The molecule has 0 saturated carbocycles. The molecule has 4 aromatic carbocycles. The summed E-state index contributed by atoms with van der Waals surface area (Å²) >= 11 is 0. The van der Waals surface area contributed by atoms with Crippen LogP contribution in [0, 0.1) is 23.0 Å². The molecule has 6 aromatic rings. The van der Waals surface area contributed by atoms with E-state index in [1.54, 1.807) is 60.7 Å². The molecule has 12 nitrogen and oxygen atoms in total. The molecule has 0 aliphatic rings. The van der Waals surface area contributed by atoms with E-state index in [0.717, 1.165) is 0 Å². The Morgan fingerprint density at radius 3 is 2.19 bits per heavy atom. The number of para-hydroxylation sites is 2. The number of aromatic nitrogens is 5. The second-order valence-electron chi connectivity index (χ2n) is 10.7. The van der Waals surface area contributed by atoms with Gasteiger partial charge in [0.2, 0.25) is 11.8 Å². The van der Waals surface area contributed by atoms with Crippen molar-refractivity contribution in [2.24, 2.45) is 0 Å². The van der Waals surface area contributed by atoms with Crippen LogP contribution in [-0.4, -0.2) is 50.0 Å². The number of carbonyl (C=O) groups excluding carboxylic acids is 1. The fourth-order valence-corrected chi connectivity index (χ4v) is 4.94. The number of hydrogen-bond donors (Lipinski definition) is 1. The number of aliphatic hydroxyl groups is 1. The molecule has 2 aromatic heterocycles. The molecule has 0 amide bonds. The molecule has 52 heavy (non-hydrogen) atoms. The number of halogens is 2. The Kier molecular flexibility index (Phi) is 11.9. The highest BCUT2D eigenvalue weighted by atomic mass is 19.1. The number of esters is 1. The van der Waals surface area contributed by atoms with Crippen LogP contribution in [0.15, 0.2) is 128 Å². The standard InChI is InChI=1S/C22H17N3O5.C16H13F2N3O/c1-27-13-17(22(26)28-2)16-8-4-6-10-19(16)30-21-11-20(24-14-25-21)29-18-9-5-3-7-15(18)12-23;17-13-7-5-12(6-8-13)16(22,9-21-11-19-10-20-21)14-3-1-2-4-15(14)18/h3-11,13-14H,1-2H3;1-8,10-11,22H,9H2/b17-13+;. The van der Waals surface area contributed by atoms with Gasteiger partial charge < -0.3 is 24.1 Å². The van der Waals surface area contributed by atoms with Gasteiger partial charge in [0.15, 0.2) is 0 Å². The topological polar surface area (TPSA) is 154 Å². The van der Waals surface area contributed by atoms with Gasteiger partial charge >= 0.3 is 5.97 Å². The van der Waals surface area contributed by atoms with Crippen molar-refractivity contribution in [2.75, 3.05) is 14.2 Å². The SMILES string of the molecule is CO/C=C(/C(=O)OC)c1ccccc1Oc1cc(Oc2ccccc2C#N)ncn1.OC(Cn1cncn1)(c1ccc(F)cc1)c1ccccc1F. The summed E-state index contributed by atoms with van der Waals surface area (Å²) in [5.41, 5.74) is -0.207. The normalized spacial score (nSPS) is 12.0. The molecule has 1 N–H and O–H groups in total. The molecule has 0 spiro atoms. The number of rotatable bonds is 11. The zero-order chi connectivity index (χ0) is 36.9. The second kappa shape index (κ2) is 17.1. The van der Waals surface area contributed by atoms with Crippen molar-refractivity contribution in [1.29, 1.82) is 5.26 Å². The molecule has 6 rings (SSSR count). The molecule has 0 saturated heterocycles.